The molecule has 0 aliphatic carbocycles. The Hall–Kier alpha value is -3.82. The molecule has 38 heavy (non-hydrogen) atoms. The first-order chi connectivity index (χ1) is 18.3. The number of amides is 1. The molecule has 5 rings (SSSR count). The van der Waals surface area contributed by atoms with Crippen molar-refractivity contribution in [2.24, 2.45) is 4.99 Å². The Morgan fingerprint density at radius 2 is 1.87 bits per heavy atom. The highest BCUT2D eigenvalue weighted by Gasteiger charge is 2.32. The Kier molecular flexibility index (Phi) is 7.14. The third-order valence-electron chi connectivity index (χ3n) is 6.39. The number of esters is 1. The van der Waals surface area contributed by atoms with Crippen molar-refractivity contribution in [3.8, 4) is 5.00 Å². The van der Waals surface area contributed by atoms with E-state index in [9.17, 15) is 9.59 Å². The number of anilines is 1. The molecule has 2 aromatic heterocycles. The number of ether oxygens (including phenoxy) is 1. The Labute approximate surface area is 229 Å². The molecule has 0 saturated heterocycles. The number of aliphatic imine (C=N–C) groups is 1. The monoisotopic (exact) mass is 547 g/mol. The van der Waals surface area contributed by atoms with Gasteiger partial charge in [0.15, 0.2) is 5.82 Å². The molecular formula is C28H26ClN5O3S. The summed E-state index contributed by atoms with van der Waals surface area (Å²) in [5.74, 6) is 0.623. The van der Waals surface area contributed by atoms with Crippen LogP contribution >= 0.6 is 22.9 Å². The van der Waals surface area contributed by atoms with E-state index in [1.807, 2.05) is 35.8 Å². The van der Waals surface area contributed by atoms with Gasteiger partial charge >= 0.3 is 5.97 Å². The third kappa shape index (κ3) is 4.87. The average molecular weight is 548 g/mol. The zero-order valence-corrected chi connectivity index (χ0v) is 23.0. The quantitative estimate of drug-likeness (QED) is 0.298. The van der Waals surface area contributed by atoms with Gasteiger partial charge in [-0.25, -0.2) is 4.79 Å². The van der Waals surface area contributed by atoms with Crippen LogP contribution in [0.15, 0.2) is 53.5 Å². The van der Waals surface area contributed by atoms with Gasteiger partial charge in [-0.1, -0.05) is 29.8 Å². The van der Waals surface area contributed by atoms with Crippen LogP contribution in [-0.2, 0) is 9.53 Å². The number of rotatable bonds is 6. The Balaban J connectivity index is 1.53. The van der Waals surface area contributed by atoms with E-state index in [1.54, 1.807) is 42.5 Å². The van der Waals surface area contributed by atoms with E-state index in [1.165, 1.54) is 4.88 Å². The molecule has 10 heteroatoms. The molecule has 0 fully saturated rings. The van der Waals surface area contributed by atoms with Crippen LogP contribution in [0.1, 0.15) is 63.0 Å². The lowest BCUT2D eigenvalue weighted by molar-refractivity contribution is -0.116. The minimum atomic E-state index is -0.588. The largest absolute Gasteiger partial charge is 0.462 e. The van der Waals surface area contributed by atoms with Crippen molar-refractivity contribution in [3.05, 3.63) is 92.3 Å². The van der Waals surface area contributed by atoms with Crippen molar-refractivity contribution >= 4 is 46.2 Å². The second-order valence-electron chi connectivity index (χ2n) is 8.96. The summed E-state index contributed by atoms with van der Waals surface area (Å²) in [5, 5.41) is 13.3. The second-order valence-corrected chi connectivity index (χ2v) is 10.6. The summed E-state index contributed by atoms with van der Waals surface area (Å²) in [5.41, 5.74) is 4.68. The number of carbonyl (C=O) groups is 2. The number of benzene rings is 2. The van der Waals surface area contributed by atoms with Crippen LogP contribution < -0.4 is 5.32 Å². The topological polar surface area (TPSA) is 98.5 Å². The first kappa shape index (κ1) is 25.8. The van der Waals surface area contributed by atoms with Gasteiger partial charge in [-0.3, -0.25) is 14.4 Å². The van der Waals surface area contributed by atoms with E-state index in [0.717, 1.165) is 33.2 Å². The molecule has 8 nitrogen and oxygen atoms in total. The predicted octanol–water partition coefficient (Wildman–Crippen LogP) is 6.01. The second kappa shape index (κ2) is 10.5. The van der Waals surface area contributed by atoms with Crippen LogP contribution in [0.2, 0.25) is 5.02 Å². The lowest BCUT2D eigenvalue weighted by Crippen LogP contribution is -2.17. The van der Waals surface area contributed by atoms with Crippen molar-refractivity contribution in [2.45, 2.75) is 40.2 Å². The van der Waals surface area contributed by atoms with Gasteiger partial charge in [0.1, 0.15) is 16.9 Å². The summed E-state index contributed by atoms with van der Waals surface area (Å²) in [6, 6.07) is 13.6. The zero-order chi connectivity index (χ0) is 27.0. The summed E-state index contributed by atoms with van der Waals surface area (Å²) in [6.45, 7) is 8.09. The van der Waals surface area contributed by atoms with E-state index < -0.39 is 12.0 Å². The Bertz CT molecular complexity index is 1570. The standard InChI is InChI=1S/C28H26ClN5O3S/c1-5-37-28(36)19-7-6-8-21(13-19)30-23(35)14-22-26-33-32-17(4)34(26)27-24(15(2)16(3)38-27)25(31-22)18-9-11-20(29)12-10-18/h6-13,22H,5,14H2,1-4H3,(H,30,35). The number of nitrogens with one attached hydrogen (secondary N) is 1. The first-order valence-corrected chi connectivity index (χ1v) is 13.4. The molecule has 2 aromatic carbocycles. The SMILES string of the molecule is CCOC(=O)c1cccc(NC(=O)CC2N=C(c3ccc(Cl)cc3)c3c(sc(C)c3C)-n3c(C)nnc32)c1. The van der Waals surface area contributed by atoms with Crippen molar-refractivity contribution in [2.75, 3.05) is 11.9 Å². The summed E-state index contributed by atoms with van der Waals surface area (Å²) >= 11 is 7.83. The molecule has 0 spiro atoms. The molecule has 0 radical (unpaired) electrons. The van der Waals surface area contributed by atoms with E-state index in [0.29, 0.717) is 22.1 Å². The van der Waals surface area contributed by atoms with Gasteiger partial charge in [-0.05, 0) is 63.6 Å². The highest BCUT2D eigenvalue weighted by molar-refractivity contribution is 7.15. The van der Waals surface area contributed by atoms with E-state index in [-0.39, 0.29) is 18.9 Å². The number of hydrogen-bond donors (Lipinski definition) is 1. The molecule has 1 N–H and O–H groups in total. The van der Waals surface area contributed by atoms with E-state index in [4.69, 9.17) is 21.3 Å². The maximum Gasteiger partial charge on any atom is 0.338 e. The average Bonchev–Trinajstić information content (AvgIpc) is 3.37. The number of fused-ring (bicyclic) bond motifs is 3. The number of thiophene rings is 1. The fourth-order valence-electron chi connectivity index (χ4n) is 4.46. The highest BCUT2D eigenvalue weighted by Crippen LogP contribution is 2.39. The highest BCUT2D eigenvalue weighted by atomic mass is 35.5. The summed E-state index contributed by atoms with van der Waals surface area (Å²) < 4.78 is 7.08. The molecule has 3 heterocycles. The molecule has 4 aromatic rings. The van der Waals surface area contributed by atoms with Crippen molar-refractivity contribution in [1.29, 1.82) is 0 Å². The summed E-state index contributed by atoms with van der Waals surface area (Å²) in [4.78, 5) is 31.7. The maximum absolute atomic E-state index is 13.3. The van der Waals surface area contributed by atoms with Crippen LogP contribution in [0.5, 0.6) is 0 Å². The normalized spacial score (nSPS) is 14.2. The minimum absolute atomic E-state index is 0.0336. The van der Waals surface area contributed by atoms with E-state index >= 15 is 0 Å². The van der Waals surface area contributed by atoms with Gasteiger partial charge in [-0.15, -0.1) is 21.5 Å². The number of hydrogen-bond acceptors (Lipinski definition) is 7. The predicted molar refractivity (Wildman–Crippen MR) is 149 cm³/mol. The number of aromatic nitrogens is 3. The van der Waals surface area contributed by atoms with Crippen molar-refractivity contribution in [3.63, 3.8) is 0 Å². The van der Waals surface area contributed by atoms with Gasteiger partial charge < -0.3 is 10.1 Å². The van der Waals surface area contributed by atoms with Crippen LogP contribution in [0, 0.1) is 20.8 Å². The number of aryl methyl sites for hydroxylation is 2. The number of nitrogens with zero attached hydrogens (tertiary/aromatic N) is 4. The van der Waals surface area contributed by atoms with Crippen LogP contribution in [0.4, 0.5) is 5.69 Å². The minimum Gasteiger partial charge on any atom is -0.462 e. The molecule has 1 aliphatic heterocycles. The maximum atomic E-state index is 13.3. The molecule has 1 aliphatic rings. The molecule has 1 atom stereocenters. The van der Waals surface area contributed by atoms with Gasteiger partial charge in [-0.2, -0.15) is 0 Å². The van der Waals surface area contributed by atoms with E-state index in [2.05, 4.69) is 29.4 Å². The van der Waals surface area contributed by atoms with Crippen LogP contribution in [-0.4, -0.2) is 39.0 Å². The fraction of sp³-hybridized carbons (Fsp3) is 0.250. The van der Waals surface area contributed by atoms with Gasteiger partial charge in [0.25, 0.3) is 0 Å². The number of halogens is 1. The van der Waals surface area contributed by atoms with Crippen molar-refractivity contribution in [1.82, 2.24) is 14.8 Å². The summed E-state index contributed by atoms with van der Waals surface area (Å²) in [7, 11) is 0. The fourth-order valence-corrected chi connectivity index (χ4v) is 5.80. The Morgan fingerprint density at radius 3 is 2.61 bits per heavy atom. The van der Waals surface area contributed by atoms with Gasteiger partial charge in [0.2, 0.25) is 5.91 Å². The lowest BCUT2D eigenvalue weighted by atomic mass is 9.99. The lowest BCUT2D eigenvalue weighted by Gasteiger charge is -2.13. The molecule has 1 amide bonds. The first-order valence-electron chi connectivity index (χ1n) is 12.2. The Morgan fingerprint density at radius 1 is 1.11 bits per heavy atom. The third-order valence-corrected chi connectivity index (χ3v) is 7.84. The van der Waals surface area contributed by atoms with Crippen LogP contribution in [0.25, 0.3) is 5.00 Å². The van der Waals surface area contributed by atoms with Gasteiger partial charge in [0, 0.05) is 26.7 Å². The van der Waals surface area contributed by atoms with Crippen LogP contribution in [0.3, 0.4) is 0 Å². The number of carbonyl (C=O) groups excluding carboxylic acids is 2. The zero-order valence-electron chi connectivity index (χ0n) is 21.4. The molecule has 194 valence electrons. The molecule has 1 unspecified atom stereocenters. The van der Waals surface area contributed by atoms with Crippen molar-refractivity contribution < 1.29 is 14.3 Å². The molecular weight excluding hydrogens is 522 g/mol. The smallest absolute Gasteiger partial charge is 0.338 e. The summed E-state index contributed by atoms with van der Waals surface area (Å²) in [6.07, 6.45) is 0.0336. The molecule has 0 saturated carbocycles. The van der Waals surface area contributed by atoms with Gasteiger partial charge in [0.05, 0.1) is 24.3 Å². The molecule has 0 bridgehead atoms.